The van der Waals surface area contributed by atoms with E-state index >= 15 is 0 Å². The lowest BCUT2D eigenvalue weighted by Crippen LogP contribution is -2.53. The van der Waals surface area contributed by atoms with Gasteiger partial charge in [0.05, 0.1) is 6.10 Å². The molecule has 1 aliphatic heterocycles. The van der Waals surface area contributed by atoms with Gasteiger partial charge in [-0.2, -0.15) is 0 Å². The Morgan fingerprint density at radius 2 is 2.11 bits per heavy atom. The third-order valence-corrected chi connectivity index (χ3v) is 3.50. The molecule has 1 rings (SSSR count). The highest BCUT2D eigenvalue weighted by Crippen LogP contribution is 2.26. The summed E-state index contributed by atoms with van der Waals surface area (Å²) in [6, 6.07) is -0.339. The lowest BCUT2D eigenvalue weighted by molar-refractivity contribution is -0.138. The second-order valence-corrected chi connectivity index (χ2v) is 6.02. The number of amides is 2. The van der Waals surface area contributed by atoms with E-state index in [0.29, 0.717) is 13.0 Å². The van der Waals surface area contributed by atoms with E-state index in [1.807, 2.05) is 27.7 Å². The first kappa shape index (κ1) is 15.0. The Bertz CT molecular complexity index is 312. The van der Waals surface area contributed by atoms with Gasteiger partial charge in [-0.3, -0.25) is 9.59 Å². The number of nitrogens with one attached hydrogen (secondary N) is 1. The van der Waals surface area contributed by atoms with E-state index in [1.54, 1.807) is 12.0 Å². The predicted molar refractivity (Wildman–Crippen MR) is 69.0 cm³/mol. The van der Waals surface area contributed by atoms with Crippen LogP contribution >= 0.6 is 0 Å². The van der Waals surface area contributed by atoms with Crippen LogP contribution < -0.4 is 5.32 Å². The van der Waals surface area contributed by atoms with Crippen LogP contribution in [0.4, 0.5) is 0 Å². The van der Waals surface area contributed by atoms with Crippen molar-refractivity contribution in [3.63, 3.8) is 0 Å². The first-order valence-corrected chi connectivity index (χ1v) is 6.34. The van der Waals surface area contributed by atoms with E-state index in [2.05, 4.69) is 5.32 Å². The molecule has 0 aromatic rings. The third kappa shape index (κ3) is 3.22. The van der Waals surface area contributed by atoms with Crippen LogP contribution in [0.15, 0.2) is 0 Å². The smallest absolute Gasteiger partial charge is 0.246 e. The SMILES string of the molecule is COC1CC(C)N(C(=O)[C@@H](NC=O)C(C)(C)C)C1. The second kappa shape index (κ2) is 5.69. The van der Waals surface area contributed by atoms with Crippen molar-refractivity contribution in [2.24, 2.45) is 5.41 Å². The predicted octanol–water partition coefficient (Wildman–Crippen LogP) is 0.783. The van der Waals surface area contributed by atoms with Crippen molar-refractivity contribution < 1.29 is 14.3 Å². The van der Waals surface area contributed by atoms with Crippen LogP contribution in [0.3, 0.4) is 0 Å². The number of carbonyl (C=O) groups is 2. The van der Waals surface area contributed by atoms with E-state index in [1.165, 1.54) is 0 Å². The summed E-state index contributed by atoms with van der Waals surface area (Å²) in [6.07, 6.45) is 1.54. The lowest BCUT2D eigenvalue weighted by Gasteiger charge is -2.34. The summed E-state index contributed by atoms with van der Waals surface area (Å²) in [5.74, 6) is -0.0262. The van der Waals surface area contributed by atoms with E-state index in [9.17, 15) is 9.59 Å². The molecule has 3 atom stereocenters. The Morgan fingerprint density at radius 3 is 2.50 bits per heavy atom. The molecular formula is C13H24N2O3. The molecule has 0 radical (unpaired) electrons. The van der Waals surface area contributed by atoms with Gasteiger partial charge in [0, 0.05) is 19.7 Å². The monoisotopic (exact) mass is 256 g/mol. The van der Waals surface area contributed by atoms with Crippen LogP contribution in [0, 0.1) is 5.41 Å². The molecule has 2 amide bonds. The molecule has 1 aliphatic rings. The van der Waals surface area contributed by atoms with Crippen molar-refractivity contribution in [3.05, 3.63) is 0 Å². The second-order valence-electron chi connectivity index (χ2n) is 6.02. The number of carbonyl (C=O) groups excluding carboxylic acids is 2. The van der Waals surface area contributed by atoms with Crippen molar-refractivity contribution in [3.8, 4) is 0 Å². The molecule has 1 saturated heterocycles. The van der Waals surface area contributed by atoms with Crippen LogP contribution in [0.2, 0.25) is 0 Å². The van der Waals surface area contributed by atoms with Gasteiger partial charge in [0.25, 0.3) is 0 Å². The Balaban J connectivity index is 2.81. The average Bonchev–Trinajstić information content (AvgIpc) is 2.65. The van der Waals surface area contributed by atoms with Crippen molar-refractivity contribution in [2.75, 3.05) is 13.7 Å². The van der Waals surface area contributed by atoms with Gasteiger partial charge in [-0.1, -0.05) is 20.8 Å². The van der Waals surface area contributed by atoms with Crippen LogP contribution in [0.1, 0.15) is 34.1 Å². The minimum Gasteiger partial charge on any atom is -0.380 e. The maximum atomic E-state index is 12.5. The molecule has 18 heavy (non-hydrogen) atoms. The summed E-state index contributed by atoms with van der Waals surface area (Å²) in [5, 5.41) is 2.64. The van der Waals surface area contributed by atoms with Gasteiger partial charge < -0.3 is 15.0 Å². The van der Waals surface area contributed by atoms with Crippen molar-refractivity contribution in [2.45, 2.75) is 52.3 Å². The van der Waals surface area contributed by atoms with Crippen LogP contribution in [0.25, 0.3) is 0 Å². The molecule has 5 heteroatoms. The zero-order chi connectivity index (χ0) is 13.9. The van der Waals surface area contributed by atoms with Gasteiger partial charge in [-0.15, -0.1) is 0 Å². The highest BCUT2D eigenvalue weighted by molar-refractivity contribution is 5.85. The van der Waals surface area contributed by atoms with Crippen LogP contribution in [0.5, 0.6) is 0 Å². The van der Waals surface area contributed by atoms with Crippen molar-refractivity contribution in [1.82, 2.24) is 10.2 Å². The van der Waals surface area contributed by atoms with Gasteiger partial charge >= 0.3 is 0 Å². The lowest BCUT2D eigenvalue weighted by atomic mass is 9.86. The van der Waals surface area contributed by atoms with E-state index in [-0.39, 0.29) is 23.5 Å². The fourth-order valence-corrected chi connectivity index (χ4v) is 2.39. The van der Waals surface area contributed by atoms with Gasteiger partial charge in [0.2, 0.25) is 12.3 Å². The van der Waals surface area contributed by atoms with Crippen LogP contribution in [-0.4, -0.2) is 49.1 Å². The van der Waals surface area contributed by atoms with Crippen LogP contribution in [-0.2, 0) is 14.3 Å². The molecule has 0 aromatic heterocycles. The highest BCUT2D eigenvalue weighted by atomic mass is 16.5. The molecule has 0 bridgehead atoms. The Hall–Kier alpha value is -1.10. The maximum Gasteiger partial charge on any atom is 0.246 e. The zero-order valence-electron chi connectivity index (χ0n) is 11.9. The standard InChI is InChI=1S/C13H24N2O3/c1-9-6-10(18-5)7-15(9)12(17)11(14-8-16)13(2,3)4/h8-11H,6-7H2,1-5H3,(H,14,16)/t9?,10?,11-/m1/s1. The summed E-state index contributed by atoms with van der Waals surface area (Å²) in [6.45, 7) is 8.45. The molecule has 0 saturated carbocycles. The summed E-state index contributed by atoms with van der Waals surface area (Å²) in [5.41, 5.74) is -0.303. The number of rotatable bonds is 4. The summed E-state index contributed by atoms with van der Waals surface area (Å²) < 4.78 is 5.30. The van der Waals surface area contributed by atoms with Gasteiger partial charge in [0.1, 0.15) is 6.04 Å². The number of hydrogen-bond acceptors (Lipinski definition) is 3. The fourth-order valence-electron chi connectivity index (χ4n) is 2.39. The summed E-state index contributed by atoms with van der Waals surface area (Å²) in [7, 11) is 1.66. The molecule has 104 valence electrons. The van der Waals surface area contributed by atoms with Gasteiger partial charge in [-0.25, -0.2) is 0 Å². The highest BCUT2D eigenvalue weighted by Gasteiger charge is 2.39. The Labute approximate surface area is 109 Å². The third-order valence-electron chi connectivity index (χ3n) is 3.50. The molecule has 2 unspecified atom stereocenters. The summed E-state index contributed by atoms with van der Waals surface area (Å²) in [4.78, 5) is 25.0. The molecule has 0 aromatic carbocycles. The number of methoxy groups -OCH3 is 1. The van der Waals surface area contributed by atoms with Crippen molar-refractivity contribution in [1.29, 1.82) is 0 Å². The van der Waals surface area contributed by atoms with Crippen molar-refractivity contribution >= 4 is 12.3 Å². The Kier molecular flexibility index (Phi) is 4.73. The quantitative estimate of drug-likeness (QED) is 0.756. The normalized spacial score (nSPS) is 25.9. The largest absolute Gasteiger partial charge is 0.380 e. The first-order chi connectivity index (χ1) is 8.31. The molecular weight excluding hydrogens is 232 g/mol. The number of likely N-dealkylation sites (tertiary alicyclic amines) is 1. The van der Waals surface area contributed by atoms with Gasteiger partial charge in [-0.05, 0) is 18.8 Å². The topological polar surface area (TPSA) is 58.6 Å². The van der Waals surface area contributed by atoms with E-state index < -0.39 is 6.04 Å². The number of hydrogen-bond donors (Lipinski definition) is 1. The minimum atomic E-state index is -0.493. The molecule has 1 heterocycles. The van der Waals surface area contributed by atoms with E-state index in [4.69, 9.17) is 4.74 Å². The van der Waals surface area contributed by atoms with E-state index in [0.717, 1.165) is 6.42 Å². The Morgan fingerprint density at radius 1 is 1.50 bits per heavy atom. The average molecular weight is 256 g/mol. The minimum absolute atomic E-state index is 0.0262. The maximum absolute atomic E-state index is 12.5. The fraction of sp³-hybridized carbons (Fsp3) is 0.846. The molecule has 1 N–H and O–H groups in total. The molecule has 0 spiro atoms. The first-order valence-electron chi connectivity index (χ1n) is 6.34. The van der Waals surface area contributed by atoms with Gasteiger partial charge in [0.15, 0.2) is 0 Å². The summed E-state index contributed by atoms with van der Waals surface area (Å²) >= 11 is 0. The number of ether oxygens (including phenoxy) is 1. The molecule has 0 aliphatic carbocycles. The molecule has 1 fully saturated rings. The number of nitrogens with zero attached hydrogens (tertiary/aromatic N) is 1. The molecule has 5 nitrogen and oxygen atoms in total. The zero-order valence-corrected chi connectivity index (χ0v) is 11.9.